The van der Waals surface area contributed by atoms with Crippen LogP contribution in [-0.4, -0.2) is 51.2 Å². The van der Waals surface area contributed by atoms with Crippen LogP contribution in [-0.2, 0) is 14.8 Å². The van der Waals surface area contributed by atoms with E-state index in [1.165, 1.54) is 7.11 Å². The molecule has 0 unspecified atom stereocenters. The van der Waals surface area contributed by atoms with E-state index in [1.54, 1.807) is 0 Å². The topological polar surface area (TPSA) is 66.8 Å². The van der Waals surface area contributed by atoms with Crippen molar-refractivity contribution < 1.29 is 27.0 Å². The molecule has 0 fully saturated rings. The zero-order chi connectivity index (χ0) is 14.5. The van der Waals surface area contributed by atoms with Gasteiger partial charge in [-0.05, 0) is 12.1 Å². The molecule has 8 heteroatoms. The normalized spacial score (nSPS) is 12.1. The predicted octanol–water partition coefficient (Wildman–Crippen LogP) is 0.594. The van der Waals surface area contributed by atoms with Crippen LogP contribution < -0.4 is 0 Å². The largest absolute Gasteiger partial charge is 0.395 e. The van der Waals surface area contributed by atoms with Gasteiger partial charge in [-0.3, -0.25) is 0 Å². The summed E-state index contributed by atoms with van der Waals surface area (Å²) in [7, 11) is -2.74. The fraction of sp³-hybridized carbons (Fsp3) is 0.455. The third-order valence-electron chi connectivity index (χ3n) is 2.41. The molecule has 1 aromatic rings. The van der Waals surface area contributed by atoms with Crippen molar-refractivity contribution in [2.45, 2.75) is 4.90 Å². The average molecular weight is 295 g/mol. The number of benzene rings is 1. The molecular formula is C11H15F2NO4S. The van der Waals surface area contributed by atoms with Gasteiger partial charge in [0.1, 0.15) is 16.5 Å². The summed E-state index contributed by atoms with van der Waals surface area (Å²) >= 11 is 0. The molecule has 0 heterocycles. The van der Waals surface area contributed by atoms with Crippen molar-refractivity contribution >= 4 is 10.0 Å². The minimum Gasteiger partial charge on any atom is -0.395 e. The molecule has 0 aliphatic carbocycles. The van der Waals surface area contributed by atoms with E-state index in [2.05, 4.69) is 0 Å². The van der Waals surface area contributed by atoms with Gasteiger partial charge in [-0.15, -0.1) is 0 Å². The van der Waals surface area contributed by atoms with Crippen molar-refractivity contribution in [1.29, 1.82) is 0 Å². The molecular weight excluding hydrogens is 280 g/mol. The number of sulfonamides is 1. The lowest BCUT2D eigenvalue weighted by Gasteiger charge is -2.21. The highest BCUT2D eigenvalue weighted by Gasteiger charge is 2.27. The van der Waals surface area contributed by atoms with Crippen LogP contribution in [0.5, 0.6) is 0 Å². The number of nitrogens with zero attached hydrogens (tertiary/aromatic N) is 1. The lowest BCUT2D eigenvalue weighted by Crippen LogP contribution is -2.36. The Hall–Kier alpha value is -1.09. The van der Waals surface area contributed by atoms with Crippen LogP contribution in [0.1, 0.15) is 0 Å². The monoisotopic (exact) mass is 295 g/mol. The molecule has 0 spiro atoms. The molecule has 0 aliphatic rings. The average Bonchev–Trinajstić information content (AvgIpc) is 2.33. The van der Waals surface area contributed by atoms with Gasteiger partial charge < -0.3 is 9.84 Å². The van der Waals surface area contributed by atoms with E-state index in [1.807, 2.05) is 0 Å². The van der Waals surface area contributed by atoms with Crippen LogP contribution in [0.4, 0.5) is 8.78 Å². The van der Waals surface area contributed by atoms with Crippen molar-refractivity contribution in [3.8, 4) is 0 Å². The van der Waals surface area contributed by atoms with E-state index in [0.717, 1.165) is 16.4 Å². The Morgan fingerprint density at radius 1 is 1.32 bits per heavy atom. The Morgan fingerprint density at radius 3 is 2.53 bits per heavy atom. The zero-order valence-corrected chi connectivity index (χ0v) is 11.2. The Kier molecular flexibility index (Phi) is 5.80. The number of halogens is 2. The highest BCUT2D eigenvalue weighted by atomic mass is 32.2. The van der Waals surface area contributed by atoms with Crippen molar-refractivity contribution in [2.24, 2.45) is 0 Å². The predicted molar refractivity (Wildman–Crippen MR) is 64.1 cm³/mol. The minimum atomic E-state index is -4.13. The van der Waals surface area contributed by atoms with Gasteiger partial charge in [-0.1, -0.05) is 0 Å². The van der Waals surface area contributed by atoms with Crippen molar-refractivity contribution in [1.82, 2.24) is 4.31 Å². The first-order valence-corrected chi connectivity index (χ1v) is 6.92. The van der Waals surface area contributed by atoms with Crippen LogP contribution in [0.25, 0.3) is 0 Å². The summed E-state index contributed by atoms with van der Waals surface area (Å²) in [5, 5.41) is 8.86. The maximum atomic E-state index is 13.5. The van der Waals surface area contributed by atoms with Gasteiger partial charge in [0.2, 0.25) is 10.0 Å². The second kappa shape index (κ2) is 6.90. The first kappa shape index (κ1) is 16.0. The Labute approximate surface area is 110 Å². The molecule has 1 rings (SSSR count). The van der Waals surface area contributed by atoms with Crippen LogP contribution in [0.15, 0.2) is 23.1 Å². The van der Waals surface area contributed by atoms with Gasteiger partial charge >= 0.3 is 0 Å². The molecule has 0 aliphatic heterocycles. The van der Waals surface area contributed by atoms with Gasteiger partial charge in [0.05, 0.1) is 13.2 Å². The van der Waals surface area contributed by atoms with Crippen LogP contribution in [0.3, 0.4) is 0 Å². The quantitative estimate of drug-likeness (QED) is 0.799. The van der Waals surface area contributed by atoms with Gasteiger partial charge in [-0.25, -0.2) is 17.2 Å². The molecule has 0 radical (unpaired) electrons. The van der Waals surface area contributed by atoms with Gasteiger partial charge in [-0.2, -0.15) is 4.31 Å². The lowest BCUT2D eigenvalue weighted by atomic mass is 10.3. The molecule has 5 nitrogen and oxygen atoms in total. The third kappa shape index (κ3) is 3.93. The van der Waals surface area contributed by atoms with Gasteiger partial charge in [0.25, 0.3) is 0 Å². The molecule has 108 valence electrons. The molecule has 1 N–H and O–H groups in total. The summed E-state index contributed by atoms with van der Waals surface area (Å²) in [6.45, 7) is -0.535. The van der Waals surface area contributed by atoms with Crippen molar-refractivity contribution in [3.05, 3.63) is 29.8 Å². The van der Waals surface area contributed by atoms with Gasteiger partial charge in [0.15, 0.2) is 0 Å². The second-order valence-electron chi connectivity index (χ2n) is 3.70. The second-order valence-corrected chi connectivity index (χ2v) is 5.60. The highest BCUT2D eigenvalue weighted by Crippen LogP contribution is 2.19. The Morgan fingerprint density at radius 2 is 2.00 bits per heavy atom. The number of aliphatic hydroxyl groups excluding tert-OH is 1. The van der Waals surface area contributed by atoms with E-state index in [9.17, 15) is 17.2 Å². The third-order valence-corrected chi connectivity index (χ3v) is 4.34. The molecule has 0 atom stereocenters. The Balaban J connectivity index is 3.11. The summed E-state index contributed by atoms with van der Waals surface area (Å²) in [5.74, 6) is -2.03. The molecule has 19 heavy (non-hydrogen) atoms. The molecule has 0 saturated heterocycles. The number of aliphatic hydroxyl groups is 1. The smallest absolute Gasteiger partial charge is 0.246 e. The maximum Gasteiger partial charge on any atom is 0.246 e. The summed E-state index contributed by atoms with van der Waals surface area (Å²) in [6, 6.07) is 2.22. The number of hydrogen-bond acceptors (Lipinski definition) is 4. The van der Waals surface area contributed by atoms with Crippen LogP contribution >= 0.6 is 0 Å². The number of methoxy groups -OCH3 is 1. The Bertz CT molecular complexity index is 521. The van der Waals surface area contributed by atoms with E-state index in [-0.39, 0.29) is 19.7 Å². The summed E-state index contributed by atoms with van der Waals surface area (Å²) in [6.07, 6.45) is 0. The van der Waals surface area contributed by atoms with E-state index in [0.29, 0.717) is 6.07 Å². The summed E-state index contributed by atoms with van der Waals surface area (Å²) < 4.78 is 56.3. The highest BCUT2D eigenvalue weighted by molar-refractivity contribution is 7.89. The minimum absolute atomic E-state index is 0.0315. The molecule has 0 aromatic heterocycles. The summed E-state index contributed by atoms with van der Waals surface area (Å²) in [4.78, 5) is -0.626. The standard InChI is InChI=1S/C11H15F2NO4S/c1-18-7-5-14(4-6-15)19(16,17)11-3-2-9(12)8-10(11)13/h2-3,8,15H,4-7H2,1H3. The van der Waals surface area contributed by atoms with E-state index >= 15 is 0 Å². The first-order valence-electron chi connectivity index (χ1n) is 5.48. The number of rotatable bonds is 7. The van der Waals surface area contributed by atoms with Crippen molar-refractivity contribution in [2.75, 3.05) is 33.4 Å². The fourth-order valence-electron chi connectivity index (χ4n) is 1.48. The lowest BCUT2D eigenvalue weighted by molar-refractivity contribution is 0.168. The zero-order valence-electron chi connectivity index (χ0n) is 10.3. The van der Waals surface area contributed by atoms with Crippen LogP contribution in [0.2, 0.25) is 0 Å². The van der Waals surface area contributed by atoms with Crippen molar-refractivity contribution in [3.63, 3.8) is 0 Å². The SMILES string of the molecule is COCCN(CCO)S(=O)(=O)c1ccc(F)cc1F. The number of hydrogen-bond donors (Lipinski definition) is 1. The maximum absolute atomic E-state index is 13.5. The van der Waals surface area contributed by atoms with Gasteiger partial charge in [0, 0.05) is 26.3 Å². The summed E-state index contributed by atoms with van der Waals surface area (Å²) in [5.41, 5.74) is 0. The fourth-order valence-corrected chi connectivity index (χ4v) is 2.94. The first-order chi connectivity index (χ1) is 8.93. The van der Waals surface area contributed by atoms with E-state index < -0.39 is 33.2 Å². The molecule has 0 saturated carbocycles. The number of ether oxygens (including phenoxy) is 1. The van der Waals surface area contributed by atoms with Crippen LogP contribution in [0, 0.1) is 11.6 Å². The molecule has 0 bridgehead atoms. The molecule has 0 amide bonds. The van der Waals surface area contributed by atoms with E-state index in [4.69, 9.17) is 9.84 Å². The molecule has 1 aromatic carbocycles.